The van der Waals surface area contributed by atoms with Crippen LogP contribution in [0.5, 0.6) is 5.88 Å². The van der Waals surface area contributed by atoms with E-state index in [2.05, 4.69) is 20.8 Å². The summed E-state index contributed by atoms with van der Waals surface area (Å²) >= 11 is 0. The molecule has 31 heavy (non-hydrogen) atoms. The molecule has 0 unspecified atom stereocenters. The molecular formula is C21H27N5O4S. The highest BCUT2D eigenvalue weighted by atomic mass is 32.2. The van der Waals surface area contributed by atoms with Gasteiger partial charge in [0.1, 0.15) is 4.90 Å². The van der Waals surface area contributed by atoms with E-state index in [0.717, 1.165) is 55.3 Å². The zero-order valence-electron chi connectivity index (χ0n) is 17.6. The van der Waals surface area contributed by atoms with Crippen LogP contribution in [0.25, 0.3) is 0 Å². The van der Waals surface area contributed by atoms with Gasteiger partial charge in [-0.2, -0.15) is 5.10 Å². The zero-order valence-corrected chi connectivity index (χ0v) is 18.4. The summed E-state index contributed by atoms with van der Waals surface area (Å²) in [7, 11) is -1.81. The van der Waals surface area contributed by atoms with Crippen molar-refractivity contribution in [1.29, 1.82) is 0 Å². The molecular weight excluding hydrogens is 418 g/mol. The molecule has 1 aliphatic heterocycles. The molecule has 2 amide bonds. The molecule has 166 valence electrons. The van der Waals surface area contributed by atoms with Gasteiger partial charge in [-0.15, -0.1) is 4.36 Å². The molecule has 5 rings (SSSR count). The van der Waals surface area contributed by atoms with Crippen LogP contribution in [0.4, 0.5) is 10.5 Å². The van der Waals surface area contributed by atoms with Crippen molar-refractivity contribution in [3.63, 3.8) is 0 Å². The predicted octanol–water partition coefficient (Wildman–Crippen LogP) is 2.76. The Hall–Kier alpha value is -2.43. The first-order valence-electron chi connectivity index (χ1n) is 10.7. The van der Waals surface area contributed by atoms with E-state index in [1.165, 1.54) is 17.3 Å². The van der Waals surface area contributed by atoms with E-state index in [-0.39, 0.29) is 10.8 Å². The second-order valence-electron chi connectivity index (χ2n) is 8.34. The summed E-state index contributed by atoms with van der Waals surface area (Å²) in [4.78, 5) is 13.1. The Bertz CT molecular complexity index is 1170. The van der Waals surface area contributed by atoms with Crippen molar-refractivity contribution in [3.8, 4) is 5.88 Å². The molecule has 2 aromatic rings. The van der Waals surface area contributed by atoms with Crippen molar-refractivity contribution in [2.45, 2.75) is 55.9 Å². The first kappa shape index (κ1) is 20.5. The van der Waals surface area contributed by atoms with E-state index < -0.39 is 15.9 Å². The molecule has 2 aliphatic carbocycles. The van der Waals surface area contributed by atoms with Crippen molar-refractivity contribution in [3.05, 3.63) is 34.5 Å². The first-order valence-corrected chi connectivity index (χ1v) is 12.3. The normalized spacial score (nSPS) is 20.9. The van der Waals surface area contributed by atoms with Crippen LogP contribution in [0.2, 0.25) is 0 Å². The molecule has 2 atom stereocenters. The maximum atomic E-state index is 13.2. The number of nitrogens with zero attached hydrogens (tertiary/aromatic N) is 3. The number of nitrogens with one attached hydrogen (secondary N) is 1. The summed E-state index contributed by atoms with van der Waals surface area (Å²) < 4.78 is 29.6. The lowest BCUT2D eigenvalue weighted by Gasteiger charge is -2.19. The highest BCUT2D eigenvalue weighted by Gasteiger charge is 2.31. The number of carbonyl (C=O) groups is 1. The van der Waals surface area contributed by atoms with Crippen LogP contribution in [0, 0.1) is 0 Å². The third kappa shape index (κ3) is 3.62. The molecule has 0 saturated carbocycles. The summed E-state index contributed by atoms with van der Waals surface area (Å²) in [6, 6.07) is 1.57. The minimum absolute atomic E-state index is 0.156. The number of nitrogens with two attached hydrogens (primary N) is 1. The molecule has 0 bridgehead atoms. The summed E-state index contributed by atoms with van der Waals surface area (Å²) in [5, 5.41) is 13.1. The maximum absolute atomic E-state index is 13.2. The molecule has 0 radical (unpaired) electrons. The molecule has 0 spiro atoms. The van der Waals surface area contributed by atoms with Crippen LogP contribution in [0.1, 0.15) is 47.4 Å². The van der Waals surface area contributed by atoms with Crippen molar-refractivity contribution < 1.29 is 18.5 Å². The summed E-state index contributed by atoms with van der Waals surface area (Å²) in [5.74, 6) is 0.552. The summed E-state index contributed by atoms with van der Waals surface area (Å²) in [5.41, 5.74) is 5.62. The smallest absolute Gasteiger partial charge is 0.354 e. The Morgan fingerprint density at radius 3 is 3.10 bits per heavy atom. The van der Waals surface area contributed by atoms with E-state index in [1.54, 1.807) is 11.8 Å². The van der Waals surface area contributed by atoms with E-state index in [1.807, 2.05) is 0 Å². The van der Waals surface area contributed by atoms with Gasteiger partial charge in [0, 0.05) is 31.7 Å². The minimum atomic E-state index is -3.50. The number of ether oxygens (including phenoxy) is 2. The van der Waals surface area contributed by atoms with E-state index in [9.17, 15) is 9.00 Å². The fourth-order valence-corrected chi connectivity index (χ4v) is 6.03. The van der Waals surface area contributed by atoms with Crippen LogP contribution in [-0.4, -0.2) is 40.3 Å². The average Bonchev–Trinajstić information content (AvgIpc) is 3.46. The molecule has 1 aromatic carbocycles. The summed E-state index contributed by atoms with van der Waals surface area (Å²) in [6.07, 6.45) is 7.10. The molecule has 3 N–H and O–H groups in total. The third-order valence-electron chi connectivity index (χ3n) is 6.34. The number of rotatable bonds is 4. The van der Waals surface area contributed by atoms with Crippen molar-refractivity contribution in [2.24, 2.45) is 9.50 Å². The van der Waals surface area contributed by atoms with Gasteiger partial charge >= 0.3 is 6.03 Å². The fraction of sp³-hybridized carbons (Fsp3) is 0.524. The molecule has 1 aromatic heterocycles. The molecule has 2 heterocycles. The van der Waals surface area contributed by atoms with Crippen molar-refractivity contribution in [2.75, 3.05) is 25.6 Å². The zero-order chi connectivity index (χ0) is 21.6. The van der Waals surface area contributed by atoms with Gasteiger partial charge in [0.15, 0.2) is 9.92 Å². The number of carbonyl (C=O) groups excluding carboxylic acids is 1. The molecule has 0 saturated heterocycles. The van der Waals surface area contributed by atoms with Crippen LogP contribution < -0.4 is 15.2 Å². The quantitative estimate of drug-likeness (QED) is 0.750. The number of hydrogen-bond donors (Lipinski definition) is 2. The number of anilines is 1. The number of amides is 2. The Kier molecular flexibility index (Phi) is 5.23. The highest BCUT2D eigenvalue weighted by Crippen LogP contribution is 2.44. The number of fused-ring (bicyclic) bond motifs is 3. The third-order valence-corrected chi connectivity index (χ3v) is 7.69. The Balaban J connectivity index is 1.50. The standard InChI is InChI=1S/C21H27N5O4S/c1-29-12-15-7-6-14-10-13-4-2-5-16(13)19(18(14)15)24-21(27)25-31(22,28)17-11-23-26-8-3-9-30-20(17)26/h10-11,15H,2-9,12H2,1H3,(H3,22,24,25,27,28)/t15-,31-/m0/s1. The van der Waals surface area contributed by atoms with Gasteiger partial charge in [0.05, 0.1) is 19.4 Å². The largest absolute Gasteiger partial charge is 0.477 e. The van der Waals surface area contributed by atoms with Crippen LogP contribution in [0.15, 0.2) is 21.5 Å². The Labute approximate surface area is 181 Å². The lowest BCUT2D eigenvalue weighted by atomic mass is 9.94. The Morgan fingerprint density at radius 1 is 1.39 bits per heavy atom. The van der Waals surface area contributed by atoms with Crippen LogP contribution in [-0.2, 0) is 40.5 Å². The monoisotopic (exact) mass is 445 g/mol. The second kappa shape index (κ2) is 7.92. The van der Waals surface area contributed by atoms with E-state index in [4.69, 9.17) is 14.6 Å². The fourth-order valence-electron chi connectivity index (χ4n) is 5.03. The van der Waals surface area contributed by atoms with Gasteiger partial charge in [0.2, 0.25) is 5.88 Å². The number of aryl methyl sites for hydroxylation is 3. The van der Waals surface area contributed by atoms with Gasteiger partial charge in [-0.25, -0.2) is 18.8 Å². The number of aromatic nitrogens is 2. The molecule has 0 fully saturated rings. The van der Waals surface area contributed by atoms with Gasteiger partial charge in [0.25, 0.3) is 0 Å². The van der Waals surface area contributed by atoms with E-state index >= 15 is 0 Å². The maximum Gasteiger partial charge on any atom is 0.354 e. The predicted molar refractivity (Wildman–Crippen MR) is 116 cm³/mol. The van der Waals surface area contributed by atoms with Gasteiger partial charge in [-0.3, -0.25) is 0 Å². The number of methoxy groups -OCH3 is 1. The highest BCUT2D eigenvalue weighted by molar-refractivity contribution is 7.91. The first-order chi connectivity index (χ1) is 15.0. The lowest BCUT2D eigenvalue weighted by Crippen LogP contribution is -2.21. The second-order valence-corrected chi connectivity index (χ2v) is 10.1. The number of benzene rings is 1. The summed E-state index contributed by atoms with van der Waals surface area (Å²) in [6.45, 7) is 1.74. The molecule has 3 aliphatic rings. The van der Waals surface area contributed by atoms with Crippen molar-refractivity contribution in [1.82, 2.24) is 9.78 Å². The van der Waals surface area contributed by atoms with Crippen LogP contribution in [0.3, 0.4) is 0 Å². The molecule has 10 heteroatoms. The lowest BCUT2D eigenvalue weighted by molar-refractivity contribution is 0.179. The molecule has 9 nitrogen and oxygen atoms in total. The SMILES string of the molecule is COC[C@@H]1CCc2cc3c(c(NC(=O)N=[S@](N)(=O)c4cnn5c4OCCC5)c21)CCC3. The van der Waals surface area contributed by atoms with Crippen LogP contribution >= 0.6 is 0 Å². The van der Waals surface area contributed by atoms with Gasteiger partial charge in [-0.05, 0) is 54.4 Å². The Morgan fingerprint density at radius 2 is 2.26 bits per heavy atom. The minimum Gasteiger partial charge on any atom is -0.477 e. The topological polar surface area (TPSA) is 121 Å². The van der Waals surface area contributed by atoms with Gasteiger partial charge in [-0.1, -0.05) is 6.07 Å². The van der Waals surface area contributed by atoms with E-state index in [0.29, 0.717) is 25.6 Å². The number of hydrogen-bond acceptors (Lipinski definition) is 5. The number of urea groups is 1. The van der Waals surface area contributed by atoms with Gasteiger partial charge < -0.3 is 14.8 Å². The average molecular weight is 446 g/mol. The van der Waals surface area contributed by atoms with Crippen molar-refractivity contribution >= 4 is 21.6 Å².